The van der Waals surface area contributed by atoms with Crippen molar-refractivity contribution < 1.29 is 21.6 Å². The van der Waals surface area contributed by atoms with Crippen LogP contribution in [0.15, 0.2) is 52.4 Å². The van der Waals surface area contributed by atoms with E-state index in [-0.39, 0.29) is 6.61 Å². The van der Waals surface area contributed by atoms with Gasteiger partial charge in [0.25, 0.3) is 0 Å². The zero-order valence-electron chi connectivity index (χ0n) is 16.8. The first kappa shape index (κ1) is 22.6. The van der Waals surface area contributed by atoms with Crippen molar-refractivity contribution in [3.8, 4) is 0 Å². The molecule has 0 radical (unpaired) electrons. The van der Waals surface area contributed by atoms with Crippen molar-refractivity contribution in [1.82, 2.24) is 4.98 Å². The molecule has 0 aliphatic carbocycles. The molecule has 0 N–H and O–H groups in total. The molecule has 1 aliphatic rings. The Labute approximate surface area is 171 Å². The smallest absolute Gasteiger partial charge is 0.217 e. The lowest BCUT2D eigenvalue weighted by Gasteiger charge is -2.38. The summed E-state index contributed by atoms with van der Waals surface area (Å²) in [6.45, 7) is 4.69. The van der Waals surface area contributed by atoms with Gasteiger partial charge in [0.05, 0.1) is 50.9 Å². The van der Waals surface area contributed by atoms with Crippen molar-refractivity contribution in [3.05, 3.63) is 42.6 Å². The average Bonchev–Trinajstić information content (AvgIpc) is 2.57. The fourth-order valence-electron chi connectivity index (χ4n) is 3.08. The second kappa shape index (κ2) is 9.23. The number of nitrogens with zero attached hydrogens (tertiary/aromatic N) is 3. The third-order valence-electron chi connectivity index (χ3n) is 3.84. The molecule has 2 aromatic rings. The second-order valence-electron chi connectivity index (χ2n) is 7.40. The first-order chi connectivity index (χ1) is 13.0. The van der Waals surface area contributed by atoms with Crippen molar-refractivity contribution in [1.29, 1.82) is 0 Å². The highest BCUT2D eigenvalue weighted by Gasteiger charge is 2.30. The number of fused-ring (bicyclic) bond motifs is 2. The van der Waals surface area contributed by atoms with Gasteiger partial charge in [0.15, 0.2) is 0 Å². The normalized spacial score (nSPS) is 14.4. The van der Waals surface area contributed by atoms with Gasteiger partial charge in [-0.2, -0.15) is 0 Å². The molecule has 0 fully saturated rings. The van der Waals surface area contributed by atoms with Gasteiger partial charge in [-0.1, -0.05) is 23.9 Å². The minimum atomic E-state index is -4.42. The van der Waals surface area contributed by atoms with E-state index in [2.05, 4.69) is 72.5 Å². The van der Waals surface area contributed by atoms with E-state index in [0.717, 1.165) is 16.8 Å². The van der Waals surface area contributed by atoms with E-state index in [9.17, 15) is 13.0 Å². The molecule has 154 valence electrons. The van der Waals surface area contributed by atoms with Crippen molar-refractivity contribution in [2.75, 3.05) is 39.2 Å². The molecule has 1 atom stereocenters. The van der Waals surface area contributed by atoms with E-state index in [1.165, 1.54) is 22.4 Å². The lowest BCUT2D eigenvalue weighted by atomic mass is 10.2. The monoisotopic (exact) mass is 425 g/mol. The Morgan fingerprint density at radius 2 is 1.82 bits per heavy atom. The van der Waals surface area contributed by atoms with Crippen LogP contribution < -0.4 is 4.90 Å². The molecule has 2 heterocycles. The number of anilines is 2. The Kier molecular flexibility index (Phi) is 7.46. The minimum absolute atomic E-state index is 0.0914. The lowest BCUT2D eigenvalue weighted by molar-refractivity contribution is -0.870. The van der Waals surface area contributed by atoms with Crippen LogP contribution in [0.2, 0.25) is 0 Å². The zero-order chi connectivity index (χ0) is 20.9. The van der Waals surface area contributed by atoms with Gasteiger partial charge in [-0.15, -0.1) is 0 Å². The van der Waals surface area contributed by atoms with Crippen molar-refractivity contribution in [3.63, 3.8) is 0 Å². The molecule has 28 heavy (non-hydrogen) atoms. The van der Waals surface area contributed by atoms with Gasteiger partial charge in [-0.3, -0.25) is 4.18 Å². The first-order valence-corrected chi connectivity index (χ1v) is 11.1. The molecule has 1 aromatic heterocycles. The molecule has 7 nitrogen and oxygen atoms in total. The number of rotatable bonds is 5. The van der Waals surface area contributed by atoms with Crippen LogP contribution in [0.5, 0.6) is 0 Å². The van der Waals surface area contributed by atoms with Crippen LogP contribution in [0.4, 0.5) is 11.5 Å². The summed E-state index contributed by atoms with van der Waals surface area (Å²) in [5.74, 6) is 1.09. The number of hydrogen-bond acceptors (Lipinski definition) is 7. The van der Waals surface area contributed by atoms with Crippen LogP contribution in [0.25, 0.3) is 0 Å². The molecule has 0 spiro atoms. The minimum Gasteiger partial charge on any atom is -0.726 e. The lowest BCUT2D eigenvalue weighted by Crippen LogP contribution is -2.47. The van der Waals surface area contributed by atoms with Crippen LogP contribution in [-0.4, -0.2) is 62.8 Å². The van der Waals surface area contributed by atoms with Crippen LogP contribution in [-0.2, 0) is 14.6 Å². The summed E-state index contributed by atoms with van der Waals surface area (Å²) in [6.07, 6.45) is 1.89. The maximum absolute atomic E-state index is 9.45. The van der Waals surface area contributed by atoms with Crippen molar-refractivity contribution >= 4 is 33.7 Å². The van der Waals surface area contributed by atoms with E-state index in [4.69, 9.17) is 0 Å². The van der Waals surface area contributed by atoms with Crippen molar-refractivity contribution in [2.24, 2.45) is 0 Å². The van der Waals surface area contributed by atoms with Crippen LogP contribution in [0.1, 0.15) is 13.8 Å². The highest BCUT2D eigenvalue weighted by Crippen LogP contribution is 2.47. The number of likely N-dealkylation sites (N-methyl/N-ethyl adjacent to an activating group) is 1. The van der Waals surface area contributed by atoms with Gasteiger partial charge in [-0.25, -0.2) is 13.4 Å². The fourth-order valence-corrected chi connectivity index (χ4v) is 4.41. The molecular formula is C19H27N3O4S2. The summed E-state index contributed by atoms with van der Waals surface area (Å²) in [5, 5.41) is 0. The predicted octanol–water partition coefficient (Wildman–Crippen LogP) is 3.26. The molecule has 3 rings (SSSR count). The van der Waals surface area contributed by atoms with Gasteiger partial charge < -0.3 is 13.9 Å². The highest BCUT2D eigenvalue weighted by atomic mass is 32.3. The molecule has 0 bridgehead atoms. The summed E-state index contributed by atoms with van der Waals surface area (Å²) >= 11 is 1.81. The number of pyridine rings is 1. The topological polar surface area (TPSA) is 82.6 Å². The molecule has 1 unspecified atom stereocenters. The number of benzene rings is 1. The SMILES string of the molecule is CC(C[N+](C)(C)C)N1c2ccccc2Sc2cccnc21.CCOS(=O)(=O)[O-]. The van der Waals surface area contributed by atoms with E-state index in [1.54, 1.807) is 0 Å². The summed E-state index contributed by atoms with van der Waals surface area (Å²) in [6, 6.07) is 13.2. The summed E-state index contributed by atoms with van der Waals surface area (Å²) in [5.41, 5.74) is 1.27. The Morgan fingerprint density at radius 1 is 1.18 bits per heavy atom. The second-order valence-corrected chi connectivity index (χ2v) is 9.54. The van der Waals surface area contributed by atoms with Gasteiger partial charge in [-0.05, 0) is 38.1 Å². The van der Waals surface area contributed by atoms with Gasteiger partial charge >= 0.3 is 0 Å². The van der Waals surface area contributed by atoms with E-state index in [0.29, 0.717) is 6.04 Å². The Hall–Kier alpha value is -1.65. The van der Waals surface area contributed by atoms with Crippen molar-refractivity contribution in [2.45, 2.75) is 29.7 Å². The summed E-state index contributed by atoms with van der Waals surface area (Å²) in [7, 11) is 2.29. The van der Waals surface area contributed by atoms with E-state index >= 15 is 0 Å². The maximum Gasteiger partial charge on any atom is 0.217 e. The van der Waals surface area contributed by atoms with Gasteiger partial charge in [0, 0.05) is 11.1 Å². The summed E-state index contributed by atoms with van der Waals surface area (Å²) < 4.78 is 32.9. The average molecular weight is 426 g/mol. The van der Waals surface area contributed by atoms with Gasteiger partial charge in [0.2, 0.25) is 10.4 Å². The number of quaternary nitrogens is 1. The van der Waals surface area contributed by atoms with E-state index in [1.807, 2.05) is 24.0 Å². The number of aromatic nitrogens is 1. The van der Waals surface area contributed by atoms with Crippen LogP contribution in [0, 0.1) is 0 Å². The zero-order valence-corrected chi connectivity index (χ0v) is 18.5. The first-order valence-electron chi connectivity index (χ1n) is 8.93. The molecule has 0 amide bonds. The van der Waals surface area contributed by atoms with E-state index < -0.39 is 10.4 Å². The predicted molar refractivity (Wildman–Crippen MR) is 111 cm³/mol. The number of hydrogen-bond donors (Lipinski definition) is 0. The number of para-hydroxylation sites is 1. The fraction of sp³-hybridized carbons (Fsp3) is 0.421. The molecule has 0 saturated heterocycles. The third kappa shape index (κ3) is 6.46. The Morgan fingerprint density at radius 3 is 2.39 bits per heavy atom. The third-order valence-corrected chi connectivity index (χ3v) is 5.47. The van der Waals surface area contributed by atoms with Crippen LogP contribution >= 0.6 is 11.8 Å². The summed E-state index contributed by atoms with van der Waals surface area (Å²) in [4.78, 5) is 9.59. The highest BCUT2D eigenvalue weighted by molar-refractivity contribution is 7.99. The maximum atomic E-state index is 9.45. The van der Waals surface area contributed by atoms with Gasteiger partial charge in [0.1, 0.15) is 5.82 Å². The molecular weight excluding hydrogens is 398 g/mol. The molecule has 9 heteroatoms. The Balaban J connectivity index is 0.000000345. The largest absolute Gasteiger partial charge is 0.726 e. The van der Waals surface area contributed by atoms with Crippen LogP contribution in [0.3, 0.4) is 0 Å². The molecule has 1 aliphatic heterocycles. The molecule has 0 saturated carbocycles. The standard InChI is InChI=1S/C17H22N3S.C2H6O4S/c1-13(12-20(2,3)4)19-14-8-5-6-9-15(14)21-16-10-7-11-18-17(16)19;1-2-6-7(3,4)5/h5-11,13H,12H2,1-4H3;2H2,1H3,(H,3,4,5)/q+1;/p-1. The molecule has 1 aromatic carbocycles. The quantitative estimate of drug-likeness (QED) is 0.413. The Bertz CT molecular complexity index is 853.